The van der Waals surface area contributed by atoms with Crippen LogP contribution in [0.15, 0.2) is 11.6 Å². The number of rotatable bonds is 5. The van der Waals surface area contributed by atoms with E-state index in [0.29, 0.717) is 17.4 Å². The first-order chi connectivity index (χ1) is 4.98. The molecule has 0 spiro atoms. The first kappa shape index (κ1) is 11.9. The molecule has 0 aromatic carbocycles. The highest BCUT2D eigenvalue weighted by Crippen LogP contribution is 2.56. The minimum Gasteiger partial charge on any atom is -0.337 e. The summed E-state index contributed by atoms with van der Waals surface area (Å²) >= 11 is 11.4. The molecular formula is C5H10ClO2PS2. The van der Waals surface area contributed by atoms with Gasteiger partial charge in [0.25, 0.3) is 0 Å². The van der Waals surface area contributed by atoms with Gasteiger partial charge in [-0.25, -0.2) is 0 Å². The van der Waals surface area contributed by atoms with E-state index in [0.717, 1.165) is 11.4 Å². The smallest absolute Gasteiger partial charge is 0.245 e. The predicted octanol–water partition coefficient (Wildman–Crippen LogP) is 2.73. The summed E-state index contributed by atoms with van der Waals surface area (Å²) in [5, 5.41) is 0.470. The average molecular weight is 233 g/mol. The van der Waals surface area contributed by atoms with Crippen LogP contribution in [0.4, 0.5) is 0 Å². The summed E-state index contributed by atoms with van der Waals surface area (Å²) in [6.07, 6.45) is 0. The standard InChI is InChI=1S/C5H10ClO2PS2/c1-3-8-9(7,10)11-4-5(2)6/h2-4H2,1H3,(H,7,10). The Morgan fingerprint density at radius 1 is 1.91 bits per heavy atom. The normalized spacial score (nSPS) is 15.9. The van der Waals surface area contributed by atoms with Crippen LogP contribution in [0, 0.1) is 0 Å². The second kappa shape index (κ2) is 5.57. The Balaban J connectivity index is 3.73. The van der Waals surface area contributed by atoms with E-state index in [-0.39, 0.29) is 0 Å². The number of hydrogen-bond donors (Lipinski definition) is 1. The fourth-order valence-corrected chi connectivity index (χ4v) is 3.74. The van der Waals surface area contributed by atoms with Crippen molar-refractivity contribution in [2.45, 2.75) is 6.92 Å². The highest BCUT2D eigenvalue weighted by Gasteiger charge is 2.12. The zero-order valence-corrected chi connectivity index (χ0v) is 9.40. The fraction of sp³-hybridized carbons (Fsp3) is 0.600. The van der Waals surface area contributed by atoms with Crippen molar-refractivity contribution in [2.75, 3.05) is 12.4 Å². The van der Waals surface area contributed by atoms with Gasteiger partial charge in [-0.3, -0.25) is 0 Å². The van der Waals surface area contributed by atoms with E-state index in [1.165, 1.54) is 0 Å². The lowest BCUT2D eigenvalue weighted by atomic mass is 10.8. The first-order valence-electron chi connectivity index (χ1n) is 2.93. The van der Waals surface area contributed by atoms with E-state index in [2.05, 4.69) is 6.58 Å². The van der Waals surface area contributed by atoms with Crippen molar-refractivity contribution in [3.8, 4) is 0 Å². The molecule has 1 N–H and O–H groups in total. The monoisotopic (exact) mass is 232 g/mol. The molecule has 0 aromatic heterocycles. The maximum absolute atomic E-state index is 9.33. The van der Waals surface area contributed by atoms with Gasteiger partial charge in [0.05, 0.1) is 6.61 Å². The van der Waals surface area contributed by atoms with E-state index >= 15 is 0 Å². The molecular weight excluding hydrogens is 223 g/mol. The molecule has 0 heterocycles. The van der Waals surface area contributed by atoms with Crippen molar-refractivity contribution < 1.29 is 9.42 Å². The van der Waals surface area contributed by atoms with Crippen molar-refractivity contribution in [2.24, 2.45) is 0 Å². The third-order valence-corrected chi connectivity index (χ3v) is 5.30. The topological polar surface area (TPSA) is 29.5 Å². The molecule has 0 aromatic rings. The molecule has 0 bridgehead atoms. The van der Waals surface area contributed by atoms with Crippen molar-refractivity contribution in [3.63, 3.8) is 0 Å². The van der Waals surface area contributed by atoms with Gasteiger partial charge < -0.3 is 9.42 Å². The summed E-state index contributed by atoms with van der Waals surface area (Å²) in [6, 6.07) is 0. The van der Waals surface area contributed by atoms with Crippen LogP contribution in [0.2, 0.25) is 0 Å². The van der Waals surface area contributed by atoms with Gasteiger partial charge in [-0.05, 0) is 18.7 Å². The second-order valence-corrected chi connectivity index (χ2v) is 8.39. The Labute approximate surface area is 80.9 Å². The maximum Gasteiger partial charge on any atom is 0.245 e. The SMILES string of the molecule is C=C(Cl)CSP(O)(=S)OCC. The van der Waals surface area contributed by atoms with Gasteiger partial charge in [0, 0.05) is 10.8 Å². The Morgan fingerprint density at radius 2 is 2.45 bits per heavy atom. The quantitative estimate of drug-likeness (QED) is 0.739. The average Bonchev–Trinajstić information content (AvgIpc) is 1.84. The molecule has 0 saturated heterocycles. The van der Waals surface area contributed by atoms with E-state index in [1.807, 2.05) is 0 Å². The lowest BCUT2D eigenvalue weighted by Crippen LogP contribution is -1.85. The zero-order chi connectivity index (χ0) is 8.91. The molecule has 66 valence electrons. The van der Waals surface area contributed by atoms with Gasteiger partial charge in [-0.15, -0.1) is 0 Å². The largest absolute Gasteiger partial charge is 0.337 e. The van der Waals surface area contributed by atoms with E-state index in [4.69, 9.17) is 27.9 Å². The molecule has 0 saturated carbocycles. The van der Waals surface area contributed by atoms with Crippen LogP contribution >= 0.6 is 28.7 Å². The lowest BCUT2D eigenvalue weighted by Gasteiger charge is -2.12. The Kier molecular flexibility index (Phi) is 6.05. The summed E-state index contributed by atoms with van der Waals surface area (Å²) < 4.78 is 4.92. The maximum atomic E-state index is 9.33. The Hall–Kier alpha value is 0.950. The van der Waals surface area contributed by atoms with Crippen LogP contribution in [0.1, 0.15) is 6.92 Å². The number of hydrogen-bond acceptors (Lipinski definition) is 3. The minimum atomic E-state index is -2.64. The third kappa shape index (κ3) is 7.32. The molecule has 0 fully saturated rings. The summed E-state index contributed by atoms with van der Waals surface area (Å²) in [5.41, 5.74) is -2.64. The highest BCUT2D eigenvalue weighted by atomic mass is 35.5. The van der Waals surface area contributed by atoms with E-state index in [1.54, 1.807) is 6.92 Å². The fourth-order valence-electron chi connectivity index (χ4n) is 0.352. The third-order valence-electron chi connectivity index (χ3n) is 0.677. The molecule has 1 atom stereocenters. The molecule has 0 rings (SSSR count). The Bertz CT molecular complexity index is 185. The zero-order valence-electron chi connectivity index (χ0n) is 6.12. The summed E-state index contributed by atoms with van der Waals surface area (Å²) in [4.78, 5) is 9.33. The molecule has 11 heavy (non-hydrogen) atoms. The predicted molar refractivity (Wildman–Crippen MR) is 55.6 cm³/mol. The molecule has 0 aliphatic rings. The summed E-state index contributed by atoms with van der Waals surface area (Å²) in [7, 11) is 0. The lowest BCUT2D eigenvalue weighted by molar-refractivity contribution is 0.341. The number of halogens is 1. The van der Waals surface area contributed by atoms with Crippen LogP contribution in [0.3, 0.4) is 0 Å². The van der Waals surface area contributed by atoms with Gasteiger partial charge in [0.15, 0.2) is 0 Å². The summed E-state index contributed by atoms with van der Waals surface area (Å²) in [5.74, 6) is 0.440. The summed E-state index contributed by atoms with van der Waals surface area (Å²) in [6.45, 7) is 5.68. The van der Waals surface area contributed by atoms with Crippen LogP contribution < -0.4 is 0 Å². The Morgan fingerprint density at radius 3 is 2.82 bits per heavy atom. The second-order valence-electron chi connectivity index (χ2n) is 1.68. The highest BCUT2D eigenvalue weighted by molar-refractivity contribution is 8.67. The molecule has 6 heteroatoms. The van der Waals surface area contributed by atoms with Crippen molar-refractivity contribution in [3.05, 3.63) is 11.6 Å². The van der Waals surface area contributed by atoms with Crippen LogP contribution in [0.5, 0.6) is 0 Å². The molecule has 2 nitrogen and oxygen atoms in total. The minimum absolute atomic E-state index is 0.426. The van der Waals surface area contributed by atoms with Gasteiger partial charge in [0.1, 0.15) is 0 Å². The molecule has 0 aliphatic heterocycles. The molecule has 0 radical (unpaired) electrons. The van der Waals surface area contributed by atoms with Gasteiger partial charge >= 0.3 is 0 Å². The van der Waals surface area contributed by atoms with Gasteiger partial charge in [0.2, 0.25) is 5.69 Å². The van der Waals surface area contributed by atoms with Gasteiger partial charge in [-0.1, -0.05) is 29.6 Å². The van der Waals surface area contributed by atoms with Gasteiger partial charge in [-0.2, -0.15) is 0 Å². The van der Waals surface area contributed by atoms with E-state index in [9.17, 15) is 4.89 Å². The van der Waals surface area contributed by atoms with Crippen LogP contribution in [0.25, 0.3) is 0 Å². The van der Waals surface area contributed by atoms with Crippen LogP contribution in [-0.4, -0.2) is 17.3 Å². The van der Waals surface area contributed by atoms with Crippen LogP contribution in [-0.2, 0) is 16.3 Å². The van der Waals surface area contributed by atoms with Crippen molar-refractivity contribution in [1.82, 2.24) is 0 Å². The molecule has 0 aliphatic carbocycles. The van der Waals surface area contributed by atoms with E-state index < -0.39 is 5.69 Å². The first-order valence-corrected chi connectivity index (χ1v) is 7.57. The molecule has 1 unspecified atom stereocenters. The molecule has 0 amide bonds. The van der Waals surface area contributed by atoms with Crippen molar-refractivity contribution >= 4 is 40.5 Å². The van der Waals surface area contributed by atoms with Crippen molar-refractivity contribution in [1.29, 1.82) is 0 Å².